The molecular formula is C13H15ClO3. The van der Waals surface area contributed by atoms with Crippen molar-refractivity contribution in [1.29, 1.82) is 0 Å². The first kappa shape index (κ1) is 13.7. The van der Waals surface area contributed by atoms with Crippen molar-refractivity contribution in [1.82, 2.24) is 0 Å². The Labute approximate surface area is 106 Å². The van der Waals surface area contributed by atoms with Crippen LogP contribution in [0.15, 0.2) is 30.3 Å². The first-order chi connectivity index (χ1) is 8.15. The second-order valence-corrected chi connectivity index (χ2v) is 4.30. The summed E-state index contributed by atoms with van der Waals surface area (Å²) >= 11 is 5.89. The van der Waals surface area contributed by atoms with Crippen LogP contribution in [0.5, 0.6) is 0 Å². The second kappa shape index (κ2) is 7.07. The third-order valence-electron chi connectivity index (χ3n) is 2.22. The molecule has 0 fully saturated rings. The number of Topliss-reactive ketones (excluding diaryl/α,β-unsaturated/α-hetero) is 1. The minimum atomic E-state index is -0.849. The van der Waals surface area contributed by atoms with Crippen LogP contribution in [0.2, 0.25) is 0 Å². The van der Waals surface area contributed by atoms with Gasteiger partial charge in [-0.2, -0.15) is 0 Å². The number of esters is 1. The monoisotopic (exact) mass is 254 g/mol. The summed E-state index contributed by atoms with van der Waals surface area (Å²) in [5.41, 5.74) is 0.333. The van der Waals surface area contributed by atoms with E-state index in [1.165, 1.54) is 0 Å². The Hall–Kier alpha value is -1.35. The van der Waals surface area contributed by atoms with E-state index in [1.807, 2.05) is 6.92 Å². The van der Waals surface area contributed by atoms with Gasteiger partial charge in [0, 0.05) is 5.56 Å². The van der Waals surface area contributed by atoms with Crippen molar-refractivity contribution >= 4 is 23.4 Å². The van der Waals surface area contributed by atoms with Gasteiger partial charge in [0.1, 0.15) is 6.61 Å². The Bertz CT molecular complexity index is 376. The molecule has 0 aromatic heterocycles. The number of alkyl halides is 1. The summed E-state index contributed by atoms with van der Waals surface area (Å²) in [6.45, 7) is 2.07. The van der Waals surface area contributed by atoms with E-state index in [0.29, 0.717) is 5.56 Å². The molecule has 0 spiro atoms. The summed E-state index contributed by atoms with van der Waals surface area (Å²) < 4.78 is 4.85. The zero-order valence-electron chi connectivity index (χ0n) is 9.69. The van der Waals surface area contributed by atoms with Crippen LogP contribution in [0.25, 0.3) is 0 Å². The van der Waals surface area contributed by atoms with Crippen LogP contribution in [0.3, 0.4) is 0 Å². The van der Waals surface area contributed by atoms with Crippen LogP contribution < -0.4 is 0 Å². The van der Waals surface area contributed by atoms with E-state index in [4.69, 9.17) is 16.3 Å². The van der Waals surface area contributed by atoms with Crippen LogP contribution in [0, 0.1) is 0 Å². The maximum Gasteiger partial charge on any atom is 0.379 e. The molecule has 1 rings (SSSR count). The molecule has 92 valence electrons. The fourth-order valence-corrected chi connectivity index (χ4v) is 1.62. The average Bonchev–Trinajstić information content (AvgIpc) is 2.36. The van der Waals surface area contributed by atoms with Crippen molar-refractivity contribution in [2.45, 2.75) is 25.1 Å². The highest BCUT2D eigenvalue weighted by Crippen LogP contribution is 2.07. The first-order valence-electron chi connectivity index (χ1n) is 5.55. The lowest BCUT2D eigenvalue weighted by molar-refractivity contribution is -0.138. The lowest BCUT2D eigenvalue weighted by Gasteiger charge is -2.08. The Morgan fingerprint density at radius 3 is 2.53 bits per heavy atom. The number of halogens is 1. The topological polar surface area (TPSA) is 43.4 Å². The van der Waals surface area contributed by atoms with E-state index in [1.54, 1.807) is 30.3 Å². The Balaban J connectivity index is 2.46. The fraction of sp³-hybridized carbons (Fsp3) is 0.385. The summed E-state index contributed by atoms with van der Waals surface area (Å²) in [4.78, 5) is 23.0. The minimum absolute atomic E-state index is 0.0762. The van der Waals surface area contributed by atoms with Gasteiger partial charge in [0.05, 0.1) is 5.38 Å². The van der Waals surface area contributed by atoms with Crippen LogP contribution in [0.1, 0.15) is 30.1 Å². The van der Waals surface area contributed by atoms with Crippen LogP contribution >= 0.6 is 11.6 Å². The molecule has 0 saturated heterocycles. The third-order valence-corrected chi connectivity index (χ3v) is 2.56. The molecule has 0 heterocycles. The molecule has 1 atom stereocenters. The lowest BCUT2D eigenvalue weighted by Crippen LogP contribution is -2.21. The predicted octanol–water partition coefficient (Wildman–Crippen LogP) is 2.82. The molecule has 0 aliphatic carbocycles. The van der Waals surface area contributed by atoms with Gasteiger partial charge >= 0.3 is 5.97 Å². The van der Waals surface area contributed by atoms with Crippen molar-refractivity contribution in [3.05, 3.63) is 35.9 Å². The molecule has 0 aliphatic heterocycles. The molecule has 1 aromatic rings. The van der Waals surface area contributed by atoms with Gasteiger partial charge in [-0.25, -0.2) is 4.79 Å². The number of benzene rings is 1. The van der Waals surface area contributed by atoms with Crippen molar-refractivity contribution < 1.29 is 14.3 Å². The quantitative estimate of drug-likeness (QED) is 0.339. The molecule has 1 aromatic carbocycles. The predicted molar refractivity (Wildman–Crippen MR) is 66.3 cm³/mol. The zero-order valence-corrected chi connectivity index (χ0v) is 10.4. The number of carbonyl (C=O) groups is 2. The van der Waals surface area contributed by atoms with Gasteiger partial charge in [-0.05, 0) is 6.42 Å². The standard InChI is InChI=1S/C13H15ClO3/c1-2-6-11(14)9-17-13(16)12(15)10-7-4-3-5-8-10/h3-5,7-8,11H,2,6,9H2,1H3/t11-/m0/s1. The highest BCUT2D eigenvalue weighted by atomic mass is 35.5. The van der Waals surface area contributed by atoms with Crippen molar-refractivity contribution in [3.8, 4) is 0 Å². The maximum absolute atomic E-state index is 11.6. The Kier molecular flexibility index (Phi) is 5.70. The number of ether oxygens (including phenoxy) is 1. The van der Waals surface area contributed by atoms with Gasteiger partial charge in [0.25, 0.3) is 5.78 Å². The summed E-state index contributed by atoms with van der Waals surface area (Å²) in [6.07, 6.45) is 1.67. The molecule has 0 bridgehead atoms. The molecule has 4 heteroatoms. The molecule has 0 unspecified atom stereocenters. The summed E-state index contributed by atoms with van der Waals surface area (Å²) in [6, 6.07) is 8.32. The molecular weight excluding hydrogens is 240 g/mol. The fourth-order valence-electron chi connectivity index (χ4n) is 1.34. The van der Waals surface area contributed by atoms with Gasteiger partial charge in [-0.1, -0.05) is 43.7 Å². The van der Waals surface area contributed by atoms with E-state index in [2.05, 4.69) is 0 Å². The molecule has 0 saturated carbocycles. The number of ketones is 1. The normalized spacial score (nSPS) is 11.9. The largest absolute Gasteiger partial charge is 0.458 e. The van der Waals surface area contributed by atoms with E-state index >= 15 is 0 Å². The minimum Gasteiger partial charge on any atom is -0.458 e. The maximum atomic E-state index is 11.6. The first-order valence-corrected chi connectivity index (χ1v) is 5.99. The molecule has 3 nitrogen and oxygen atoms in total. The van der Waals surface area contributed by atoms with E-state index < -0.39 is 11.8 Å². The molecule has 0 amide bonds. The highest BCUT2D eigenvalue weighted by Gasteiger charge is 2.18. The summed E-state index contributed by atoms with van der Waals surface area (Å²) in [7, 11) is 0. The third kappa shape index (κ3) is 4.57. The van der Waals surface area contributed by atoms with Crippen LogP contribution in [-0.4, -0.2) is 23.7 Å². The summed E-state index contributed by atoms with van der Waals surface area (Å²) in [5, 5.41) is -0.229. The van der Waals surface area contributed by atoms with Gasteiger partial charge in [0.15, 0.2) is 0 Å². The lowest BCUT2D eigenvalue weighted by atomic mass is 10.1. The van der Waals surface area contributed by atoms with E-state index in [0.717, 1.165) is 12.8 Å². The van der Waals surface area contributed by atoms with E-state index in [9.17, 15) is 9.59 Å². The number of hydrogen-bond donors (Lipinski definition) is 0. The van der Waals surface area contributed by atoms with Crippen molar-refractivity contribution in [2.75, 3.05) is 6.61 Å². The molecule has 17 heavy (non-hydrogen) atoms. The van der Waals surface area contributed by atoms with Gasteiger partial charge < -0.3 is 4.74 Å². The number of rotatable bonds is 6. The average molecular weight is 255 g/mol. The number of carbonyl (C=O) groups excluding carboxylic acids is 2. The highest BCUT2D eigenvalue weighted by molar-refractivity contribution is 6.40. The van der Waals surface area contributed by atoms with E-state index in [-0.39, 0.29) is 12.0 Å². The van der Waals surface area contributed by atoms with Crippen LogP contribution in [-0.2, 0) is 9.53 Å². The second-order valence-electron chi connectivity index (χ2n) is 3.68. The van der Waals surface area contributed by atoms with Gasteiger partial charge in [0.2, 0.25) is 0 Å². The zero-order chi connectivity index (χ0) is 12.7. The van der Waals surface area contributed by atoms with Gasteiger partial charge in [-0.15, -0.1) is 11.6 Å². The molecule has 0 aliphatic rings. The van der Waals surface area contributed by atoms with Gasteiger partial charge in [-0.3, -0.25) is 4.79 Å². The Morgan fingerprint density at radius 1 is 1.29 bits per heavy atom. The Morgan fingerprint density at radius 2 is 1.94 bits per heavy atom. The van der Waals surface area contributed by atoms with Crippen molar-refractivity contribution in [3.63, 3.8) is 0 Å². The summed E-state index contributed by atoms with van der Waals surface area (Å²) in [5.74, 6) is -1.48. The van der Waals surface area contributed by atoms with Crippen LogP contribution in [0.4, 0.5) is 0 Å². The smallest absolute Gasteiger partial charge is 0.379 e. The molecule has 0 radical (unpaired) electrons. The van der Waals surface area contributed by atoms with Crippen molar-refractivity contribution in [2.24, 2.45) is 0 Å². The number of hydrogen-bond acceptors (Lipinski definition) is 3. The SMILES string of the molecule is CCC[C@H](Cl)COC(=O)C(=O)c1ccccc1. The molecule has 0 N–H and O–H groups in total.